The molecule has 0 spiro atoms. The number of carbonyl (C=O) groups is 2. The second kappa shape index (κ2) is 18.4. The van der Waals surface area contributed by atoms with E-state index in [1.165, 1.54) is 18.2 Å². The minimum absolute atomic E-state index is 0.145. The van der Waals surface area contributed by atoms with Crippen molar-refractivity contribution in [2.24, 2.45) is 4.99 Å². The van der Waals surface area contributed by atoms with E-state index < -0.39 is 5.91 Å². The molecule has 2 N–H and O–H groups in total. The van der Waals surface area contributed by atoms with Gasteiger partial charge in [-0.15, -0.1) is 0 Å². The summed E-state index contributed by atoms with van der Waals surface area (Å²) < 4.78 is 0. The molecule has 2 heterocycles. The van der Waals surface area contributed by atoms with Crippen molar-refractivity contribution in [2.75, 3.05) is 10.6 Å². The van der Waals surface area contributed by atoms with Gasteiger partial charge in [0.1, 0.15) is 5.82 Å². The van der Waals surface area contributed by atoms with E-state index in [1.807, 2.05) is 43.3 Å². The lowest BCUT2D eigenvalue weighted by Gasteiger charge is -2.12. The summed E-state index contributed by atoms with van der Waals surface area (Å²) in [4.78, 5) is 38.3. The molecule has 50 heavy (non-hydrogen) atoms. The number of fused-ring (bicyclic) bond motifs is 1. The Labute approximate surface area is 306 Å². The largest absolute Gasteiger partial charge is 0.322 e. The molecule has 7 nitrogen and oxygen atoms in total. The van der Waals surface area contributed by atoms with E-state index in [0.717, 1.165) is 34.2 Å². The van der Waals surface area contributed by atoms with Gasteiger partial charge >= 0.3 is 0 Å². The van der Waals surface area contributed by atoms with Crippen LogP contribution >= 0.6 is 34.8 Å². The molecule has 2 amide bonds. The molecule has 0 bridgehead atoms. The van der Waals surface area contributed by atoms with E-state index in [9.17, 15) is 9.59 Å². The number of anilines is 2. The van der Waals surface area contributed by atoms with Gasteiger partial charge in [-0.3, -0.25) is 19.6 Å². The van der Waals surface area contributed by atoms with Crippen LogP contribution in [0.2, 0.25) is 10.0 Å². The molecule has 0 atom stereocenters. The highest BCUT2D eigenvalue weighted by Gasteiger charge is 2.16. The predicted molar refractivity (Wildman–Crippen MR) is 210 cm³/mol. The quantitative estimate of drug-likeness (QED) is 0.111. The fraction of sp³-hybridized carbons (Fsp3) is 0.0750. The molecule has 0 fully saturated rings. The molecule has 5 aromatic rings. The van der Waals surface area contributed by atoms with Gasteiger partial charge in [0.05, 0.1) is 21.3 Å². The average Bonchev–Trinajstić information content (AvgIpc) is 3.12. The number of allylic oxidation sites excluding steroid dienone is 5. The number of nitrogens with one attached hydrogen (secondary N) is 2. The lowest BCUT2D eigenvalue weighted by atomic mass is 10.0. The molecule has 5 rings (SSSR count). The van der Waals surface area contributed by atoms with Crippen molar-refractivity contribution < 1.29 is 9.59 Å². The van der Waals surface area contributed by atoms with Crippen molar-refractivity contribution >= 4 is 74.6 Å². The Bertz CT molecular complexity index is 2120. The summed E-state index contributed by atoms with van der Waals surface area (Å²) in [6.07, 6.45) is 11.3. The molecular formula is C40H34Cl3N5O2. The van der Waals surface area contributed by atoms with E-state index in [0.29, 0.717) is 32.7 Å². The summed E-state index contributed by atoms with van der Waals surface area (Å²) in [5.74, 6) is -0.386. The van der Waals surface area contributed by atoms with Gasteiger partial charge in [0.25, 0.3) is 11.8 Å². The molecule has 3 aromatic carbocycles. The molecule has 2 aromatic heterocycles. The van der Waals surface area contributed by atoms with Gasteiger partial charge in [-0.1, -0.05) is 97.4 Å². The van der Waals surface area contributed by atoms with E-state index in [4.69, 9.17) is 34.8 Å². The minimum atomic E-state index is -0.421. The molecule has 0 aliphatic rings. The zero-order valence-corrected chi connectivity index (χ0v) is 29.7. The number of hydrogen-bond acceptors (Lipinski definition) is 5. The summed E-state index contributed by atoms with van der Waals surface area (Å²) in [6, 6.07) is 24.7. The van der Waals surface area contributed by atoms with Gasteiger partial charge in [-0.2, -0.15) is 0 Å². The predicted octanol–water partition coefficient (Wildman–Crippen LogP) is 11.3. The minimum Gasteiger partial charge on any atom is -0.322 e. The molecule has 0 aliphatic heterocycles. The standard InChI is InChI=1S/C28H18Cl2N4O2.C12H16ClN/c29-23-11-9-19(16-22(23)26-20-6-2-1-5-17(20)12-14-32-26)33-28(36)21-10-8-18(15-24(21)30)27(35)34-25-7-3-4-13-31-25;1-5-7-9-14-11(4)10(3)12(13)8-6-2/h1-16H,(H,33,36)(H,31,34,35);6-9H,2-3,5H2,1,4H3/b;9-7-,12-8+,14-11?. The molecular weight excluding hydrogens is 689 g/mol. The summed E-state index contributed by atoms with van der Waals surface area (Å²) in [6.45, 7) is 11.3. The van der Waals surface area contributed by atoms with E-state index in [2.05, 4.69) is 45.7 Å². The van der Waals surface area contributed by atoms with Crippen LogP contribution in [-0.2, 0) is 0 Å². The van der Waals surface area contributed by atoms with Crippen molar-refractivity contribution in [2.45, 2.75) is 20.3 Å². The lowest BCUT2D eigenvalue weighted by molar-refractivity contribution is 0.101. The van der Waals surface area contributed by atoms with Crippen LogP contribution in [0.15, 0.2) is 151 Å². The SMILES string of the molecule is C=C/C=C(/Cl)C(=C)C(C)=N/C=C\CC.O=C(Nc1ccccn1)c1ccc(C(=O)Nc2ccc(Cl)c(-c3nccc4ccccc34)c2)c(Cl)c1. The zero-order valence-electron chi connectivity index (χ0n) is 27.5. The summed E-state index contributed by atoms with van der Waals surface area (Å²) >= 11 is 18.8. The fourth-order valence-electron chi connectivity index (χ4n) is 4.51. The van der Waals surface area contributed by atoms with Gasteiger partial charge < -0.3 is 10.6 Å². The van der Waals surface area contributed by atoms with Gasteiger partial charge in [0.15, 0.2) is 0 Å². The number of rotatable bonds is 10. The number of aliphatic imine (C=N–C) groups is 1. The van der Waals surface area contributed by atoms with Crippen LogP contribution in [0.25, 0.3) is 22.0 Å². The topological polar surface area (TPSA) is 96.3 Å². The number of carbonyl (C=O) groups excluding carboxylic acids is 2. The summed E-state index contributed by atoms with van der Waals surface area (Å²) in [5, 5.41) is 8.76. The van der Waals surface area contributed by atoms with Crippen molar-refractivity contribution in [3.8, 4) is 11.3 Å². The highest BCUT2D eigenvalue weighted by Crippen LogP contribution is 2.34. The molecule has 10 heteroatoms. The Hall–Kier alpha value is -5.34. The van der Waals surface area contributed by atoms with Crippen LogP contribution in [0.1, 0.15) is 41.0 Å². The average molecular weight is 723 g/mol. The van der Waals surface area contributed by atoms with Gasteiger partial charge in [-0.05, 0) is 79.4 Å². The van der Waals surface area contributed by atoms with Crippen molar-refractivity contribution in [1.29, 1.82) is 0 Å². The number of halogens is 3. The highest BCUT2D eigenvalue weighted by atomic mass is 35.5. The Kier molecular flexibility index (Phi) is 13.8. The molecule has 0 saturated heterocycles. The molecule has 0 saturated carbocycles. The monoisotopic (exact) mass is 721 g/mol. The molecule has 0 unspecified atom stereocenters. The number of hydrogen-bond donors (Lipinski definition) is 2. The first kappa shape index (κ1) is 37.5. The fourth-order valence-corrected chi connectivity index (χ4v) is 5.21. The molecule has 252 valence electrons. The third-order valence-corrected chi connectivity index (χ3v) is 8.13. The van der Waals surface area contributed by atoms with Crippen molar-refractivity contribution in [3.05, 3.63) is 167 Å². The smallest absolute Gasteiger partial charge is 0.257 e. The highest BCUT2D eigenvalue weighted by molar-refractivity contribution is 6.36. The number of benzene rings is 3. The van der Waals surface area contributed by atoms with Crippen LogP contribution in [0.5, 0.6) is 0 Å². The van der Waals surface area contributed by atoms with Crippen LogP contribution < -0.4 is 10.6 Å². The second-order valence-electron chi connectivity index (χ2n) is 10.6. The van der Waals surface area contributed by atoms with Gasteiger partial charge in [0, 0.05) is 57.1 Å². The Morgan fingerprint density at radius 2 is 1.66 bits per heavy atom. The first-order chi connectivity index (χ1) is 24.1. The van der Waals surface area contributed by atoms with Crippen molar-refractivity contribution in [1.82, 2.24) is 9.97 Å². The zero-order chi connectivity index (χ0) is 36.0. The Morgan fingerprint density at radius 3 is 2.38 bits per heavy atom. The second-order valence-corrected chi connectivity index (χ2v) is 11.9. The summed E-state index contributed by atoms with van der Waals surface area (Å²) in [7, 11) is 0. The normalized spacial score (nSPS) is 11.5. The molecule has 0 aliphatic carbocycles. The number of aromatic nitrogens is 2. The van der Waals surface area contributed by atoms with Crippen molar-refractivity contribution in [3.63, 3.8) is 0 Å². The third kappa shape index (κ3) is 10.1. The Morgan fingerprint density at radius 1 is 0.880 bits per heavy atom. The van der Waals surface area contributed by atoms with Gasteiger partial charge in [0.2, 0.25) is 0 Å². The Balaban J connectivity index is 0.000000341. The number of nitrogens with zero attached hydrogens (tertiary/aromatic N) is 3. The van der Waals surface area contributed by atoms with Crippen LogP contribution in [-0.4, -0.2) is 27.5 Å². The lowest BCUT2D eigenvalue weighted by Crippen LogP contribution is -2.15. The maximum absolute atomic E-state index is 13.0. The first-order valence-electron chi connectivity index (χ1n) is 15.5. The van der Waals surface area contributed by atoms with Crippen LogP contribution in [0.4, 0.5) is 11.5 Å². The third-order valence-electron chi connectivity index (χ3n) is 7.13. The molecule has 0 radical (unpaired) electrons. The van der Waals surface area contributed by atoms with E-state index >= 15 is 0 Å². The first-order valence-corrected chi connectivity index (χ1v) is 16.6. The summed E-state index contributed by atoms with van der Waals surface area (Å²) in [5.41, 5.74) is 4.02. The van der Waals surface area contributed by atoms with Crippen LogP contribution in [0.3, 0.4) is 0 Å². The van der Waals surface area contributed by atoms with Crippen LogP contribution in [0, 0.1) is 0 Å². The van der Waals surface area contributed by atoms with E-state index in [-0.39, 0.29) is 16.5 Å². The number of pyridine rings is 2. The van der Waals surface area contributed by atoms with Gasteiger partial charge in [-0.25, -0.2) is 4.98 Å². The maximum atomic E-state index is 13.0. The van der Waals surface area contributed by atoms with E-state index in [1.54, 1.807) is 67.1 Å². The number of amides is 2. The maximum Gasteiger partial charge on any atom is 0.257 e.